The van der Waals surface area contributed by atoms with Gasteiger partial charge < -0.3 is 20.2 Å². The van der Waals surface area contributed by atoms with Crippen LogP contribution in [0.1, 0.15) is 36.8 Å². The molecular weight excluding hydrogens is 388 g/mol. The maximum atomic E-state index is 13.6. The molecule has 1 aliphatic carbocycles. The molecular formula is C25H32N4O2. The molecule has 1 aliphatic heterocycles. The van der Waals surface area contributed by atoms with E-state index in [1.54, 1.807) is 4.90 Å². The van der Waals surface area contributed by atoms with Crippen LogP contribution in [-0.4, -0.2) is 53.0 Å². The second kappa shape index (κ2) is 9.52. The van der Waals surface area contributed by atoms with E-state index in [0.29, 0.717) is 44.2 Å². The average Bonchev–Trinajstić information content (AvgIpc) is 3.38. The van der Waals surface area contributed by atoms with Crippen LogP contribution in [0.3, 0.4) is 0 Å². The van der Waals surface area contributed by atoms with E-state index in [4.69, 9.17) is 5.41 Å². The SMILES string of the molecule is N=C(NCc1ccccc1)N1CCN(C(=O)[C@](O)(c2ccccc2)C2CCCC2)CC1. The number of rotatable bonds is 5. The van der Waals surface area contributed by atoms with Crippen LogP contribution in [0.4, 0.5) is 0 Å². The first kappa shape index (κ1) is 21.4. The summed E-state index contributed by atoms with van der Waals surface area (Å²) in [7, 11) is 0. The summed E-state index contributed by atoms with van der Waals surface area (Å²) < 4.78 is 0. The van der Waals surface area contributed by atoms with Gasteiger partial charge in [-0.1, -0.05) is 73.5 Å². The molecule has 3 N–H and O–H groups in total. The highest BCUT2D eigenvalue weighted by Crippen LogP contribution is 2.42. The average molecular weight is 421 g/mol. The third kappa shape index (κ3) is 4.59. The fourth-order valence-corrected chi connectivity index (χ4v) is 4.84. The van der Waals surface area contributed by atoms with Crippen molar-refractivity contribution in [1.82, 2.24) is 15.1 Å². The van der Waals surface area contributed by atoms with E-state index in [0.717, 1.165) is 31.2 Å². The van der Waals surface area contributed by atoms with E-state index >= 15 is 0 Å². The topological polar surface area (TPSA) is 79.7 Å². The van der Waals surface area contributed by atoms with Gasteiger partial charge in [0.15, 0.2) is 11.6 Å². The largest absolute Gasteiger partial charge is 0.375 e. The summed E-state index contributed by atoms with van der Waals surface area (Å²) in [5.41, 5.74) is 0.371. The lowest BCUT2D eigenvalue weighted by atomic mass is 9.79. The number of aliphatic hydroxyl groups is 1. The van der Waals surface area contributed by atoms with E-state index < -0.39 is 5.60 Å². The minimum atomic E-state index is -1.46. The molecule has 1 amide bonds. The molecule has 1 saturated carbocycles. The minimum Gasteiger partial charge on any atom is -0.375 e. The van der Waals surface area contributed by atoms with E-state index in [-0.39, 0.29) is 11.8 Å². The van der Waals surface area contributed by atoms with Crippen molar-refractivity contribution in [2.75, 3.05) is 26.2 Å². The first-order valence-electron chi connectivity index (χ1n) is 11.3. The number of nitrogens with zero attached hydrogens (tertiary/aromatic N) is 2. The molecule has 2 aromatic carbocycles. The van der Waals surface area contributed by atoms with Gasteiger partial charge in [-0.3, -0.25) is 10.2 Å². The third-order valence-electron chi connectivity index (χ3n) is 6.67. The second-order valence-corrected chi connectivity index (χ2v) is 8.58. The molecule has 1 atom stereocenters. The third-order valence-corrected chi connectivity index (χ3v) is 6.67. The maximum Gasteiger partial charge on any atom is 0.259 e. The van der Waals surface area contributed by atoms with Crippen LogP contribution in [0.25, 0.3) is 0 Å². The molecule has 6 nitrogen and oxygen atoms in total. The van der Waals surface area contributed by atoms with Crippen LogP contribution in [0.2, 0.25) is 0 Å². The molecule has 0 bridgehead atoms. The lowest BCUT2D eigenvalue weighted by Crippen LogP contribution is -2.58. The first-order valence-corrected chi connectivity index (χ1v) is 11.3. The number of nitrogens with one attached hydrogen (secondary N) is 2. The lowest BCUT2D eigenvalue weighted by molar-refractivity contribution is -0.160. The molecule has 0 unspecified atom stereocenters. The number of hydrogen-bond acceptors (Lipinski definition) is 3. The fourth-order valence-electron chi connectivity index (χ4n) is 4.84. The van der Waals surface area contributed by atoms with Gasteiger partial charge in [-0.25, -0.2) is 0 Å². The summed E-state index contributed by atoms with van der Waals surface area (Å²) in [4.78, 5) is 17.3. The van der Waals surface area contributed by atoms with Crippen molar-refractivity contribution in [1.29, 1.82) is 5.41 Å². The van der Waals surface area contributed by atoms with Gasteiger partial charge in [0.25, 0.3) is 5.91 Å². The van der Waals surface area contributed by atoms with Crippen molar-refractivity contribution < 1.29 is 9.90 Å². The zero-order chi connectivity index (χ0) is 21.7. The maximum absolute atomic E-state index is 13.6. The van der Waals surface area contributed by atoms with Crippen molar-refractivity contribution in [3.05, 3.63) is 71.8 Å². The Bertz CT molecular complexity index is 875. The van der Waals surface area contributed by atoms with Gasteiger partial charge in [0.05, 0.1) is 0 Å². The van der Waals surface area contributed by atoms with Crippen LogP contribution in [0.15, 0.2) is 60.7 Å². The zero-order valence-electron chi connectivity index (χ0n) is 18.0. The van der Waals surface area contributed by atoms with Gasteiger partial charge in [-0.2, -0.15) is 0 Å². The number of carbonyl (C=O) groups is 1. The Hall–Kier alpha value is -2.86. The van der Waals surface area contributed by atoms with Crippen LogP contribution < -0.4 is 5.32 Å². The molecule has 0 spiro atoms. The Labute approximate surface area is 184 Å². The Balaban J connectivity index is 1.38. The number of guanidine groups is 1. The first-order chi connectivity index (χ1) is 15.1. The van der Waals surface area contributed by atoms with Crippen molar-refractivity contribution in [3.63, 3.8) is 0 Å². The molecule has 2 fully saturated rings. The molecule has 1 saturated heterocycles. The van der Waals surface area contributed by atoms with Gasteiger partial charge in [-0.15, -0.1) is 0 Å². The minimum absolute atomic E-state index is 0.0359. The summed E-state index contributed by atoms with van der Waals surface area (Å²) >= 11 is 0. The summed E-state index contributed by atoms with van der Waals surface area (Å²) in [5, 5.41) is 23.3. The highest BCUT2D eigenvalue weighted by atomic mass is 16.3. The number of piperazine rings is 1. The molecule has 4 rings (SSSR count). The number of carbonyl (C=O) groups excluding carboxylic acids is 1. The number of benzene rings is 2. The highest BCUT2D eigenvalue weighted by Gasteiger charge is 2.48. The van der Waals surface area contributed by atoms with Gasteiger partial charge in [0.1, 0.15) is 0 Å². The second-order valence-electron chi connectivity index (χ2n) is 8.58. The van der Waals surface area contributed by atoms with E-state index in [1.807, 2.05) is 65.6 Å². The molecule has 2 aromatic rings. The van der Waals surface area contributed by atoms with Crippen LogP contribution >= 0.6 is 0 Å². The number of amides is 1. The Morgan fingerprint density at radius 3 is 2.10 bits per heavy atom. The van der Waals surface area contributed by atoms with E-state index in [9.17, 15) is 9.90 Å². The Morgan fingerprint density at radius 2 is 1.48 bits per heavy atom. The smallest absolute Gasteiger partial charge is 0.259 e. The predicted molar refractivity (Wildman–Crippen MR) is 121 cm³/mol. The Morgan fingerprint density at radius 1 is 0.935 bits per heavy atom. The zero-order valence-corrected chi connectivity index (χ0v) is 18.0. The van der Waals surface area contributed by atoms with Gasteiger partial charge in [-0.05, 0) is 24.0 Å². The molecule has 2 aliphatic rings. The van der Waals surface area contributed by atoms with Crippen LogP contribution in [-0.2, 0) is 16.9 Å². The summed E-state index contributed by atoms with van der Waals surface area (Å²) in [6.45, 7) is 2.80. The Kier molecular flexibility index (Phi) is 6.56. The van der Waals surface area contributed by atoms with Gasteiger partial charge in [0.2, 0.25) is 0 Å². The van der Waals surface area contributed by atoms with Gasteiger partial charge >= 0.3 is 0 Å². The summed E-state index contributed by atoms with van der Waals surface area (Å²) in [6, 6.07) is 19.5. The predicted octanol–water partition coefficient (Wildman–Crippen LogP) is 2.93. The molecule has 164 valence electrons. The lowest BCUT2D eigenvalue weighted by Gasteiger charge is -2.42. The summed E-state index contributed by atoms with van der Waals surface area (Å²) in [5.74, 6) is 0.158. The standard InChI is InChI=1S/C25H32N4O2/c26-24(27-19-20-9-3-1-4-10-20)29-17-15-28(16-18-29)23(30)25(31,22-13-7-8-14-22)21-11-5-2-6-12-21/h1-6,9-12,22,31H,7-8,13-19H2,(H2,26,27)/t25-/m0/s1. The normalized spacial score (nSPS) is 19.1. The van der Waals surface area contributed by atoms with Crippen molar-refractivity contribution in [2.45, 2.75) is 37.8 Å². The monoisotopic (exact) mass is 420 g/mol. The van der Waals surface area contributed by atoms with Crippen LogP contribution in [0.5, 0.6) is 0 Å². The molecule has 31 heavy (non-hydrogen) atoms. The highest BCUT2D eigenvalue weighted by molar-refractivity contribution is 5.87. The molecule has 0 radical (unpaired) electrons. The molecule has 0 aromatic heterocycles. The van der Waals surface area contributed by atoms with Crippen molar-refractivity contribution in [2.24, 2.45) is 5.92 Å². The van der Waals surface area contributed by atoms with Crippen molar-refractivity contribution in [3.8, 4) is 0 Å². The van der Waals surface area contributed by atoms with Crippen molar-refractivity contribution >= 4 is 11.9 Å². The van der Waals surface area contributed by atoms with Crippen LogP contribution in [0, 0.1) is 11.3 Å². The van der Waals surface area contributed by atoms with Gasteiger partial charge in [0, 0.05) is 38.6 Å². The summed E-state index contributed by atoms with van der Waals surface area (Å²) in [6.07, 6.45) is 3.88. The number of hydrogen-bond donors (Lipinski definition) is 3. The molecule has 1 heterocycles. The van der Waals surface area contributed by atoms with E-state index in [1.165, 1.54) is 0 Å². The van der Waals surface area contributed by atoms with E-state index in [2.05, 4.69) is 5.32 Å². The molecule has 6 heteroatoms. The fraction of sp³-hybridized carbons (Fsp3) is 0.440. The quantitative estimate of drug-likeness (QED) is 0.513.